The molecule has 0 spiro atoms. The Morgan fingerprint density at radius 1 is 1.34 bits per heavy atom. The number of amides is 1. The molecule has 0 saturated heterocycles. The summed E-state index contributed by atoms with van der Waals surface area (Å²) in [4.78, 5) is 12.9. The predicted molar refractivity (Wildman–Crippen MR) is 117 cm³/mol. The molecule has 0 aliphatic heterocycles. The molecule has 2 heterocycles. The first kappa shape index (κ1) is 21.2. The number of allylic oxidation sites excluding steroid dienone is 2. The number of carbonyl (C=O) groups excluding carboxylic acids is 1. The normalized spacial score (nSPS) is 15.8. The van der Waals surface area contributed by atoms with Gasteiger partial charge in [0.25, 0.3) is 5.91 Å². The molecule has 0 fully saturated rings. The van der Waals surface area contributed by atoms with Gasteiger partial charge >= 0.3 is 0 Å². The fraction of sp³-hybridized carbons (Fsp3) is 0.333. The highest BCUT2D eigenvalue weighted by Gasteiger charge is 2.25. The van der Waals surface area contributed by atoms with Gasteiger partial charge in [-0.3, -0.25) is 4.79 Å². The molecule has 0 unspecified atom stereocenters. The topological polar surface area (TPSA) is 146 Å². The second-order valence-corrected chi connectivity index (χ2v) is 7.31. The number of nitrogens with one attached hydrogen (secondary N) is 1. The zero-order valence-electron chi connectivity index (χ0n) is 17.6. The van der Waals surface area contributed by atoms with Crippen molar-refractivity contribution in [1.29, 1.82) is 0 Å². The molecule has 1 atom stereocenters. The summed E-state index contributed by atoms with van der Waals surface area (Å²) in [5, 5.41) is 19.6. The monoisotopic (exact) mass is 436 g/mol. The molecule has 32 heavy (non-hydrogen) atoms. The van der Waals surface area contributed by atoms with Gasteiger partial charge in [0.05, 0.1) is 6.61 Å². The molecule has 2 aromatic heterocycles. The molecule has 11 heteroatoms. The molecule has 1 amide bonds. The molecule has 1 aromatic carbocycles. The quantitative estimate of drug-likeness (QED) is 0.311. The van der Waals surface area contributed by atoms with Crippen LogP contribution in [0, 0.1) is 5.92 Å². The van der Waals surface area contributed by atoms with Crippen molar-refractivity contribution in [3.63, 3.8) is 0 Å². The number of nitrogens with zero attached hydrogens (tertiary/aromatic N) is 6. The third-order valence-electron chi connectivity index (χ3n) is 4.94. The van der Waals surface area contributed by atoms with E-state index in [4.69, 9.17) is 15.1 Å². The largest absolute Gasteiger partial charge is 0.494 e. The molecule has 1 aliphatic carbocycles. The van der Waals surface area contributed by atoms with Crippen molar-refractivity contribution < 1.29 is 14.2 Å². The van der Waals surface area contributed by atoms with Gasteiger partial charge in [-0.25, -0.2) is 10.1 Å². The Morgan fingerprint density at radius 2 is 2.19 bits per heavy atom. The number of anilines is 1. The second-order valence-electron chi connectivity index (χ2n) is 7.31. The Hall–Kier alpha value is -4.02. The van der Waals surface area contributed by atoms with Gasteiger partial charge in [-0.15, -0.1) is 5.10 Å². The van der Waals surface area contributed by atoms with Crippen molar-refractivity contribution in [2.24, 2.45) is 11.0 Å². The highest BCUT2D eigenvalue weighted by atomic mass is 16.6. The van der Waals surface area contributed by atoms with E-state index in [2.05, 4.69) is 43.3 Å². The Kier molecular flexibility index (Phi) is 6.54. The van der Waals surface area contributed by atoms with E-state index in [-0.39, 0.29) is 17.3 Å². The minimum absolute atomic E-state index is 0.0226. The van der Waals surface area contributed by atoms with Crippen LogP contribution in [-0.4, -0.2) is 44.0 Å². The van der Waals surface area contributed by atoms with Crippen molar-refractivity contribution in [1.82, 2.24) is 30.7 Å². The molecule has 0 radical (unpaired) electrons. The summed E-state index contributed by atoms with van der Waals surface area (Å²) >= 11 is 0. The predicted octanol–water partition coefficient (Wildman–Crippen LogP) is 2.76. The molecule has 4 rings (SSSR count). The maximum Gasteiger partial charge on any atom is 0.294 e. The van der Waals surface area contributed by atoms with Crippen molar-refractivity contribution >= 4 is 17.9 Å². The number of hydrogen-bond acceptors (Lipinski definition) is 9. The van der Waals surface area contributed by atoms with E-state index in [1.54, 1.807) is 18.3 Å². The van der Waals surface area contributed by atoms with Gasteiger partial charge in [0.2, 0.25) is 11.6 Å². The van der Waals surface area contributed by atoms with Gasteiger partial charge in [-0.1, -0.05) is 24.3 Å². The lowest BCUT2D eigenvalue weighted by Crippen LogP contribution is -2.20. The Morgan fingerprint density at radius 3 is 2.88 bits per heavy atom. The number of rotatable bonds is 8. The van der Waals surface area contributed by atoms with Gasteiger partial charge in [0.15, 0.2) is 5.69 Å². The van der Waals surface area contributed by atoms with Crippen LogP contribution in [0.1, 0.15) is 43.1 Å². The van der Waals surface area contributed by atoms with Crippen LogP contribution in [0.25, 0.3) is 17.1 Å². The van der Waals surface area contributed by atoms with Crippen molar-refractivity contribution in [3.05, 3.63) is 42.1 Å². The zero-order valence-corrected chi connectivity index (χ0v) is 17.6. The second kappa shape index (κ2) is 9.86. The van der Waals surface area contributed by atoms with E-state index in [9.17, 15) is 4.79 Å². The minimum atomic E-state index is -0.504. The lowest BCUT2D eigenvalue weighted by molar-refractivity contribution is 0.0950. The third kappa shape index (κ3) is 4.66. The van der Waals surface area contributed by atoms with Gasteiger partial charge in [0, 0.05) is 11.8 Å². The standard InChI is InChI=1S/C21H24N8O3/c1-2-12-31-16-10-8-15(9-11-16)18-17(24-28-29(18)20-19(22)26-32-27-20)21(30)25-23-13-14-6-4-3-5-7-14/h3-4,8-11,13-14H,2,5-7,12H2,1H3,(H2,22,26)(H,25,30)/b23-13-/t14-/m0/s1. The molecular weight excluding hydrogens is 412 g/mol. The fourth-order valence-corrected chi connectivity index (χ4v) is 3.32. The highest BCUT2D eigenvalue weighted by Crippen LogP contribution is 2.28. The van der Waals surface area contributed by atoms with E-state index in [0.29, 0.717) is 23.8 Å². The molecule has 1 aliphatic rings. The number of hydrogen-bond donors (Lipinski definition) is 2. The molecule has 11 nitrogen and oxygen atoms in total. The number of benzene rings is 1. The average molecular weight is 436 g/mol. The third-order valence-corrected chi connectivity index (χ3v) is 4.94. The molecule has 0 bridgehead atoms. The fourth-order valence-electron chi connectivity index (χ4n) is 3.32. The number of hydrazone groups is 1. The maximum atomic E-state index is 12.9. The lowest BCUT2D eigenvalue weighted by Gasteiger charge is -2.11. The average Bonchev–Trinajstić information content (AvgIpc) is 3.44. The molecular formula is C21H24N8O3. The van der Waals surface area contributed by atoms with Gasteiger partial charge in [-0.05, 0) is 66.2 Å². The first-order valence-electron chi connectivity index (χ1n) is 10.4. The number of carbonyl (C=O) groups is 1. The number of ether oxygens (including phenoxy) is 1. The van der Waals surface area contributed by atoms with E-state index in [1.165, 1.54) is 4.68 Å². The van der Waals surface area contributed by atoms with Crippen LogP contribution in [0.2, 0.25) is 0 Å². The first-order chi connectivity index (χ1) is 15.7. The van der Waals surface area contributed by atoms with Crippen molar-refractivity contribution in [2.75, 3.05) is 12.3 Å². The summed E-state index contributed by atoms with van der Waals surface area (Å²) in [6.45, 7) is 2.65. The Bertz CT molecular complexity index is 1120. The van der Waals surface area contributed by atoms with E-state index in [1.807, 2.05) is 19.1 Å². The molecule has 0 saturated carbocycles. The van der Waals surface area contributed by atoms with E-state index < -0.39 is 5.91 Å². The van der Waals surface area contributed by atoms with Crippen LogP contribution in [0.15, 0.2) is 46.1 Å². The highest BCUT2D eigenvalue weighted by molar-refractivity contribution is 5.98. The smallest absolute Gasteiger partial charge is 0.294 e. The summed E-state index contributed by atoms with van der Waals surface area (Å²) in [5.74, 6) is 0.668. The van der Waals surface area contributed by atoms with Crippen LogP contribution in [-0.2, 0) is 0 Å². The van der Waals surface area contributed by atoms with E-state index in [0.717, 1.165) is 31.4 Å². The summed E-state index contributed by atoms with van der Waals surface area (Å²) in [7, 11) is 0. The Balaban J connectivity index is 1.63. The summed E-state index contributed by atoms with van der Waals surface area (Å²) in [6, 6.07) is 7.23. The Labute approximate surface area is 184 Å². The van der Waals surface area contributed by atoms with Crippen LogP contribution >= 0.6 is 0 Å². The van der Waals surface area contributed by atoms with Gasteiger partial charge < -0.3 is 10.5 Å². The summed E-state index contributed by atoms with van der Waals surface area (Å²) in [6.07, 6.45) is 9.85. The van der Waals surface area contributed by atoms with Gasteiger partial charge in [-0.2, -0.15) is 9.78 Å². The van der Waals surface area contributed by atoms with Gasteiger partial charge in [0.1, 0.15) is 11.4 Å². The maximum absolute atomic E-state index is 12.9. The SMILES string of the molecule is CCCOc1ccc(-c2c(C(=O)N/N=C\[C@H]3CC=CCC3)nnn2-c2nonc2N)cc1. The minimum Gasteiger partial charge on any atom is -0.494 e. The van der Waals surface area contributed by atoms with Crippen LogP contribution in [0.4, 0.5) is 5.82 Å². The van der Waals surface area contributed by atoms with Crippen molar-refractivity contribution in [3.8, 4) is 22.8 Å². The van der Waals surface area contributed by atoms with Crippen molar-refractivity contribution in [2.45, 2.75) is 32.6 Å². The van der Waals surface area contributed by atoms with Crippen LogP contribution < -0.4 is 15.9 Å². The molecule has 166 valence electrons. The summed E-state index contributed by atoms with van der Waals surface area (Å²) in [5.41, 5.74) is 9.49. The summed E-state index contributed by atoms with van der Waals surface area (Å²) < 4.78 is 11.6. The lowest BCUT2D eigenvalue weighted by atomic mass is 9.96. The number of nitrogens with two attached hydrogens (primary N) is 1. The van der Waals surface area contributed by atoms with Crippen LogP contribution in [0.5, 0.6) is 5.75 Å². The first-order valence-corrected chi connectivity index (χ1v) is 10.4. The molecule has 3 aromatic rings. The van der Waals surface area contributed by atoms with E-state index >= 15 is 0 Å². The zero-order chi connectivity index (χ0) is 22.3. The number of nitrogen functional groups attached to an aromatic ring is 1. The number of aromatic nitrogens is 5. The van der Waals surface area contributed by atoms with Crippen LogP contribution in [0.3, 0.4) is 0 Å². The molecule has 3 N–H and O–H groups in total.